The minimum atomic E-state index is -0.595. The van der Waals surface area contributed by atoms with Gasteiger partial charge in [0.05, 0.1) is 16.8 Å². The first kappa shape index (κ1) is 24.3. The Bertz CT molecular complexity index is 967. The Hall–Kier alpha value is -2.86. The smallest absolute Gasteiger partial charge is 0.253 e. The molecule has 0 aromatic heterocycles. The maximum absolute atomic E-state index is 13.6. The summed E-state index contributed by atoms with van der Waals surface area (Å²) in [7, 11) is 0. The minimum Gasteiger partial charge on any atom is -0.349 e. The lowest BCUT2D eigenvalue weighted by Crippen LogP contribution is -2.56. The van der Waals surface area contributed by atoms with E-state index in [0.29, 0.717) is 23.1 Å². The first-order valence-corrected chi connectivity index (χ1v) is 12.4. The third-order valence-corrected chi connectivity index (χ3v) is 7.68. The van der Waals surface area contributed by atoms with E-state index < -0.39 is 5.54 Å². The van der Waals surface area contributed by atoms with Gasteiger partial charge in [0.1, 0.15) is 0 Å². The number of hydrogen-bond acceptors (Lipinski definition) is 4. The van der Waals surface area contributed by atoms with Crippen LogP contribution in [-0.4, -0.2) is 28.4 Å². The molecule has 4 saturated carbocycles. The molecule has 1 aromatic carbocycles. The van der Waals surface area contributed by atoms with Crippen LogP contribution in [0.3, 0.4) is 0 Å². The van der Waals surface area contributed by atoms with Crippen molar-refractivity contribution in [2.24, 2.45) is 29.5 Å². The van der Waals surface area contributed by atoms with E-state index in [1.807, 2.05) is 50.3 Å². The molecule has 5 rings (SSSR count). The normalized spacial score (nSPS) is 28.4. The van der Waals surface area contributed by atoms with Gasteiger partial charge in [0.2, 0.25) is 5.91 Å². The Morgan fingerprint density at radius 3 is 2.18 bits per heavy atom. The second kappa shape index (κ2) is 9.79. The third-order valence-electron chi connectivity index (χ3n) is 7.68. The van der Waals surface area contributed by atoms with E-state index >= 15 is 0 Å². The lowest BCUT2D eigenvalue weighted by Gasteiger charge is -2.54. The number of nitrogens with one attached hydrogen (secondary N) is 2. The first-order chi connectivity index (χ1) is 16.2. The molecule has 0 atom stereocenters. The van der Waals surface area contributed by atoms with Crippen molar-refractivity contribution in [3.05, 3.63) is 66.4 Å². The van der Waals surface area contributed by atoms with Gasteiger partial charge in [-0.05, 0) is 75.7 Å². The molecule has 6 nitrogen and oxygen atoms in total. The number of carbonyl (C=O) groups is 2. The van der Waals surface area contributed by atoms with Crippen LogP contribution < -0.4 is 16.5 Å². The number of nitrogens with zero attached hydrogens (tertiary/aromatic N) is 1. The Balaban J connectivity index is 1.62. The van der Waals surface area contributed by atoms with E-state index in [0.717, 1.165) is 17.4 Å². The van der Waals surface area contributed by atoms with E-state index in [1.165, 1.54) is 44.0 Å². The largest absolute Gasteiger partial charge is 0.349 e. The van der Waals surface area contributed by atoms with E-state index in [4.69, 9.17) is 5.84 Å². The molecule has 6 heteroatoms. The number of amides is 2. The maximum atomic E-state index is 13.6. The van der Waals surface area contributed by atoms with Gasteiger partial charge >= 0.3 is 0 Å². The Kier molecular flexibility index (Phi) is 6.99. The van der Waals surface area contributed by atoms with Gasteiger partial charge < -0.3 is 10.6 Å². The SMILES string of the molecule is C=C/C(C(=O)NC1C2CC3CC(C2)CC1C3)=C(/c1ccccc1)N(N)/C=C/C(C)(C)NC(C)=O. The zero-order valence-electron chi connectivity index (χ0n) is 20.6. The summed E-state index contributed by atoms with van der Waals surface area (Å²) in [6.45, 7) is 9.22. The predicted octanol–water partition coefficient (Wildman–Crippen LogP) is 4.13. The minimum absolute atomic E-state index is 0.126. The van der Waals surface area contributed by atoms with E-state index in [1.54, 1.807) is 12.3 Å². The van der Waals surface area contributed by atoms with Crippen molar-refractivity contribution in [2.75, 3.05) is 0 Å². The number of nitrogens with two attached hydrogens (primary N) is 1. The van der Waals surface area contributed by atoms with Gasteiger partial charge in [-0.15, -0.1) is 0 Å². The van der Waals surface area contributed by atoms with Crippen LogP contribution in [0.5, 0.6) is 0 Å². The van der Waals surface area contributed by atoms with Crippen LogP contribution in [0, 0.1) is 23.7 Å². The predicted molar refractivity (Wildman–Crippen MR) is 136 cm³/mol. The average molecular weight is 463 g/mol. The van der Waals surface area contributed by atoms with Gasteiger partial charge in [-0.25, -0.2) is 5.84 Å². The van der Waals surface area contributed by atoms with Crippen molar-refractivity contribution >= 4 is 17.5 Å². The fourth-order valence-corrected chi connectivity index (χ4v) is 6.56. The summed E-state index contributed by atoms with van der Waals surface area (Å²) in [4.78, 5) is 25.2. The van der Waals surface area contributed by atoms with Crippen molar-refractivity contribution < 1.29 is 9.59 Å². The van der Waals surface area contributed by atoms with Crippen LogP contribution in [0.25, 0.3) is 5.70 Å². The summed E-state index contributed by atoms with van der Waals surface area (Å²) >= 11 is 0. The van der Waals surface area contributed by atoms with E-state index in [-0.39, 0.29) is 17.9 Å². The summed E-state index contributed by atoms with van der Waals surface area (Å²) in [5, 5.41) is 7.72. The second-order valence-corrected chi connectivity index (χ2v) is 10.9. The summed E-state index contributed by atoms with van der Waals surface area (Å²) in [6, 6.07) is 9.87. The van der Waals surface area contributed by atoms with Gasteiger partial charge in [0.15, 0.2) is 0 Å². The number of rotatable bonds is 8. The van der Waals surface area contributed by atoms with Crippen molar-refractivity contribution in [1.82, 2.24) is 15.6 Å². The molecule has 1 aromatic rings. The van der Waals surface area contributed by atoms with Crippen molar-refractivity contribution in [2.45, 2.75) is 64.5 Å². The topological polar surface area (TPSA) is 87.5 Å². The highest BCUT2D eigenvalue weighted by molar-refractivity contribution is 6.03. The molecule has 4 fully saturated rings. The van der Waals surface area contributed by atoms with Crippen LogP contribution in [0.1, 0.15) is 58.4 Å². The quantitative estimate of drug-likeness (QED) is 0.235. The summed E-state index contributed by atoms with van der Waals surface area (Å²) in [5.41, 5.74) is 1.25. The average Bonchev–Trinajstić information content (AvgIpc) is 2.77. The Morgan fingerprint density at radius 1 is 1.06 bits per heavy atom. The fourth-order valence-electron chi connectivity index (χ4n) is 6.56. The molecule has 34 heavy (non-hydrogen) atoms. The Morgan fingerprint density at radius 2 is 1.65 bits per heavy atom. The van der Waals surface area contributed by atoms with Gasteiger partial charge in [-0.3, -0.25) is 14.6 Å². The lowest BCUT2D eigenvalue weighted by atomic mass is 9.54. The molecule has 4 bridgehead atoms. The van der Waals surface area contributed by atoms with Crippen molar-refractivity contribution in [3.8, 4) is 0 Å². The molecular weight excluding hydrogens is 424 g/mol. The van der Waals surface area contributed by atoms with Crippen LogP contribution in [0.4, 0.5) is 0 Å². The molecule has 0 radical (unpaired) electrons. The summed E-state index contributed by atoms with van der Waals surface area (Å²) in [6.07, 6.45) is 11.4. The summed E-state index contributed by atoms with van der Waals surface area (Å²) in [5.74, 6) is 9.11. The Labute approximate surface area is 203 Å². The van der Waals surface area contributed by atoms with E-state index in [9.17, 15) is 9.59 Å². The van der Waals surface area contributed by atoms with Crippen LogP contribution in [0.15, 0.2) is 60.8 Å². The van der Waals surface area contributed by atoms with Crippen LogP contribution in [-0.2, 0) is 9.59 Å². The number of carbonyl (C=O) groups excluding carboxylic acids is 2. The molecule has 4 N–H and O–H groups in total. The molecule has 0 unspecified atom stereocenters. The second-order valence-electron chi connectivity index (χ2n) is 10.9. The van der Waals surface area contributed by atoms with Crippen LogP contribution in [0.2, 0.25) is 0 Å². The fraction of sp³-hybridized carbons (Fsp3) is 0.500. The number of hydrazine groups is 1. The number of benzene rings is 1. The first-order valence-electron chi connectivity index (χ1n) is 12.4. The zero-order chi connectivity index (χ0) is 24.5. The molecule has 2 amide bonds. The molecule has 182 valence electrons. The van der Waals surface area contributed by atoms with E-state index in [2.05, 4.69) is 17.2 Å². The highest BCUT2D eigenvalue weighted by atomic mass is 16.2. The molecule has 4 aliphatic carbocycles. The van der Waals surface area contributed by atoms with Gasteiger partial charge in [0.25, 0.3) is 5.91 Å². The molecule has 0 heterocycles. The molecule has 0 spiro atoms. The highest BCUT2D eigenvalue weighted by Crippen LogP contribution is 2.53. The lowest BCUT2D eigenvalue weighted by molar-refractivity contribution is -0.121. The highest BCUT2D eigenvalue weighted by Gasteiger charge is 2.48. The third kappa shape index (κ3) is 5.27. The van der Waals surface area contributed by atoms with Gasteiger partial charge in [-0.2, -0.15) is 0 Å². The maximum Gasteiger partial charge on any atom is 0.253 e. The summed E-state index contributed by atoms with van der Waals surface area (Å²) < 4.78 is 0. The van der Waals surface area contributed by atoms with Crippen LogP contribution >= 0.6 is 0 Å². The van der Waals surface area contributed by atoms with Crippen molar-refractivity contribution in [3.63, 3.8) is 0 Å². The molecule has 0 saturated heterocycles. The van der Waals surface area contributed by atoms with Gasteiger partial charge in [0, 0.05) is 24.7 Å². The molecule has 4 aliphatic rings. The molecular formula is C28H38N4O2. The number of hydrogen-bond donors (Lipinski definition) is 3. The zero-order valence-corrected chi connectivity index (χ0v) is 20.6. The van der Waals surface area contributed by atoms with Gasteiger partial charge in [-0.1, -0.05) is 43.0 Å². The monoisotopic (exact) mass is 462 g/mol. The van der Waals surface area contributed by atoms with Crippen molar-refractivity contribution in [1.29, 1.82) is 0 Å². The standard InChI is InChI=1S/C28H38N4O2/c1-5-24(27(34)30-25-22-14-19-13-20(16-22)17-23(25)15-19)26(21-9-7-6-8-10-21)32(29)12-11-28(3,4)31-18(2)33/h5-12,19-20,22-23,25H,1,13-17,29H2,2-4H3,(H,30,34)(H,31,33)/b12-11+,26-24+. The molecule has 0 aliphatic heterocycles.